The van der Waals surface area contributed by atoms with Gasteiger partial charge in [-0.2, -0.15) is 0 Å². The highest BCUT2D eigenvalue weighted by Gasteiger charge is 2.23. The Morgan fingerprint density at radius 2 is 1.93 bits per heavy atom. The number of allylic oxidation sites excluding steroid dienone is 2. The third-order valence-electron chi connectivity index (χ3n) is 5.56. The number of hydrogen-bond donors (Lipinski definition) is 1. The Hall–Kier alpha value is -2.22. The van der Waals surface area contributed by atoms with Gasteiger partial charge in [-0.3, -0.25) is 9.69 Å². The molecule has 6 nitrogen and oxygen atoms in total. The van der Waals surface area contributed by atoms with E-state index in [-0.39, 0.29) is 12.0 Å². The Balaban J connectivity index is 1.33. The maximum atomic E-state index is 12.4. The number of methoxy groups -OCH3 is 2. The summed E-state index contributed by atoms with van der Waals surface area (Å²) >= 11 is 5.35. The van der Waals surface area contributed by atoms with Gasteiger partial charge in [0.25, 0.3) is 5.91 Å². The van der Waals surface area contributed by atoms with E-state index in [9.17, 15) is 4.79 Å². The first kappa shape index (κ1) is 22.5. The van der Waals surface area contributed by atoms with E-state index < -0.39 is 0 Å². The molecular formula is C23H31N3O3S. The molecule has 1 unspecified atom stereocenters. The van der Waals surface area contributed by atoms with E-state index in [1.807, 2.05) is 24.3 Å². The van der Waals surface area contributed by atoms with E-state index in [0.717, 1.165) is 51.3 Å². The van der Waals surface area contributed by atoms with Crippen molar-refractivity contribution in [2.24, 2.45) is 0 Å². The molecule has 0 bridgehead atoms. The van der Waals surface area contributed by atoms with Gasteiger partial charge >= 0.3 is 0 Å². The van der Waals surface area contributed by atoms with Crippen molar-refractivity contribution in [3.05, 3.63) is 48.1 Å². The SMILES string of the molecule is COc1ccccc1N1CCN(CCCCNC(=O)C2=CC=CC(OC)C2=S)CC1. The molecule has 1 N–H and O–H groups in total. The Morgan fingerprint density at radius 3 is 2.67 bits per heavy atom. The molecule has 1 aromatic rings. The predicted octanol–water partition coefficient (Wildman–Crippen LogP) is 2.59. The van der Waals surface area contributed by atoms with Crippen molar-refractivity contribution < 1.29 is 14.3 Å². The lowest BCUT2D eigenvalue weighted by Crippen LogP contribution is -2.46. The molecule has 0 saturated carbocycles. The molecule has 1 aromatic carbocycles. The lowest BCUT2D eigenvalue weighted by atomic mass is 10.0. The van der Waals surface area contributed by atoms with Gasteiger partial charge in [-0.15, -0.1) is 0 Å². The van der Waals surface area contributed by atoms with Crippen LogP contribution in [0.4, 0.5) is 5.69 Å². The van der Waals surface area contributed by atoms with Crippen molar-refractivity contribution in [3.8, 4) is 5.75 Å². The fraction of sp³-hybridized carbons (Fsp3) is 0.478. The summed E-state index contributed by atoms with van der Waals surface area (Å²) in [7, 11) is 3.32. The lowest BCUT2D eigenvalue weighted by molar-refractivity contribution is -0.117. The van der Waals surface area contributed by atoms with E-state index in [4.69, 9.17) is 21.7 Å². The van der Waals surface area contributed by atoms with Crippen LogP contribution in [-0.2, 0) is 9.53 Å². The standard InChI is InChI=1S/C23H31N3O3S/c1-28-20-10-4-3-9-19(20)26-16-14-25(15-17-26)13-6-5-12-24-23(27)18-8-7-11-21(29-2)22(18)30/h3-4,7-11,21H,5-6,12-17H2,1-2H3,(H,24,27). The van der Waals surface area contributed by atoms with E-state index in [1.54, 1.807) is 20.3 Å². The maximum absolute atomic E-state index is 12.4. The largest absolute Gasteiger partial charge is 0.495 e. The number of thiocarbonyl (C=S) groups is 1. The highest BCUT2D eigenvalue weighted by atomic mass is 32.1. The molecule has 162 valence electrons. The molecule has 0 aromatic heterocycles. The van der Waals surface area contributed by atoms with Crippen molar-refractivity contribution in [2.45, 2.75) is 18.9 Å². The molecule has 1 fully saturated rings. The summed E-state index contributed by atoms with van der Waals surface area (Å²) < 4.78 is 10.8. The van der Waals surface area contributed by atoms with Crippen LogP contribution in [0.2, 0.25) is 0 Å². The van der Waals surface area contributed by atoms with Crippen LogP contribution in [-0.4, -0.2) is 75.3 Å². The quantitative estimate of drug-likeness (QED) is 0.481. The van der Waals surface area contributed by atoms with E-state index in [1.165, 1.54) is 5.69 Å². The third kappa shape index (κ3) is 5.68. The molecule has 1 heterocycles. The normalized spacial score (nSPS) is 19.5. The molecule has 1 saturated heterocycles. The predicted molar refractivity (Wildman–Crippen MR) is 125 cm³/mol. The minimum Gasteiger partial charge on any atom is -0.495 e. The smallest absolute Gasteiger partial charge is 0.252 e. The Labute approximate surface area is 184 Å². The minimum absolute atomic E-state index is 0.114. The highest BCUT2D eigenvalue weighted by molar-refractivity contribution is 7.81. The molecule has 1 aliphatic heterocycles. The number of amides is 1. The lowest BCUT2D eigenvalue weighted by Gasteiger charge is -2.36. The van der Waals surface area contributed by atoms with Gasteiger partial charge in [0.15, 0.2) is 0 Å². The number of unbranched alkanes of at least 4 members (excludes halogenated alkanes) is 1. The van der Waals surface area contributed by atoms with Crippen LogP contribution < -0.4 is 15.0 Å². The third-order valence-corrected chi connectivity index (χ3v) is 6.01. The van der Waals surface area contributed by atoms with E-state index in [2.05, 4.69) is 27.2 Å². The first-order chi connectivity index (χ1) is 14.6. The van der Waals surface area contributed by atoms with E-state index >= 15 is 0 Å². The van der Waals surface area contributed by atoms with Gasteiger partial charge in [0, 0.05) is 39.8 Å². The Kier molecular flexibility index (Phi) is 8.42. The van der Waals surface area contributed by atoms with Crippen molar-refractivity contribution in [3.63, 3.8) is 0 Å². The maximum Gasteiger partial charge on any atom is 0.252 e. The minimum atomic E-state index is -0.291. The average Bonchev–Trinajstić information content (AvgIpc) is 2.79. The highest BCUT2D eigenvalue weighted by Crippen LogP contribution is 2.28. The molecule has 2 aliphatic rings. The number of nitrogens with zero attached hydrogens (tertiary/aromatic N) is 2. The number of anilines is 1. The number of piperazine rings is 1. The van der Waals surface area contributed by atoms with Gasteiger partial charge < -0.3 is 19.7 Å². The molecule has 1 amide bonds. The summed E-state index contributed by atoms with van der Waals surface area (Å²) in [5.74, 6) is 0.818. The molecule has 1 aliphatic carbocycles. The zero-order valence-electron chi connectivity index (χ0n) is 17.8. The van der Waals surface area contributed by atoms with Crippen molar-refractivity contribution in [1.29, 1.82) is 0 Å². The first-order valence-electron chi connectivity index (χ1n) is 10.5. The van der Waals surface area contributed by atoms with Crippen LogP contribution in [0, 0.1) is 0 Å². The summed E-state index contributed by atoms with van der Waals surface area (Å²) in [6.45, 7) is 5.77. The zero-order valence-corrected chi connectivity index (χ0v) is 18.6. The molecule has 3 rings (SSSR count). The van der Waals surface area contributed by atoms with Crippen molar-refractivity contribution in [1.82, 2.24) is 10.2 Å². The second kappa shape index (κ2) is 11.2. The second-order valence-electron chi connectivity index (χ2n) is 7.45. The van der Waals surface area contributed by atoms with Crippen molar-refractivity contribution in [2.75, 3.05) is 58.4 Å². The van der Waals surface area contributed by atoms with Gasteiger partial charge in [0.2, 0.25) is 0 Å². The number of nitrogens with one attached hydrogen (secondary N) is 1. The fourth-order valence-electron chi connectivity index (χ4n) is 3.81. The van der Waals surface area contributed by atoms with Crippen LogP contribution in [0.5, 0.6) is 5.75 Å². The number of carbonyl (C=O) groups is 1. The number of ether oxygens (including phenoxy) is 2. The van der Waals surface area contributed by atoms with Crippen LogP contribution in [0.15, 0.2) is 48.1 Å². The van der Waals surface area contributed by atoms with Crippen LogP contribution in [0.3, 0.4) is 0 Å². The van der Waals surface area contributed by atoms with Gasteiger partial charge in [0.05, 0.1) is 23.2 Å². The number of hydrogen-bond acceptors (Lipinski definition) is 6. The van der Waals surface area contributed by atoms with Crippen molar-refractivity contribution >= 4 is 28.7 Å². The number of para-hydroxylation sites is 2. The number of rotatable bonds is 9. The summed E-state index contributed by atoms with van der Waals surface area (Å²) in [6.07, 6.45) is 7.14. The van der Waals surface area contributed by atoms with Gasteiger partial charge in [0.1, 0.15) is 11.9 Å². The number of carbonyl (C=O) groups excluding carboxylic acids is 1. The molecule has 0 spiro atoms. The average molecular weight is 430 g/mol. The van der Waals surface area contributed by atoms with Crippen LogP contribution in [0.25, 0.3) is 0 Å². The Morgan fingerprint density at radius 1 is 1.17 bits per heavy atom. The van der Waals surface area contributed by atoms with E-state index in [0.29, 0.717) is 17.0 Å². The van der Waals surface area contributed by atoms with Gasteiger partial charge in [-0.25, -0.2) is 0 Å². The van der Waals surface area contributed by atoms with Crippen LogP contribution in [0.1, 0.15) is 12.8 Å². The summed E-state index contributed by atoms with van der Waals surface area (Å²) in [5, 5.41) is 2.98. The van der Waals surface area contributed by atoms with Gasteiger partial charge in [-0.05, 0) is 37.6 Å². The molecule has 7 heteroatoms. The van der Waals surface area contributed by atoms with Gasteiger partial charge in [-0.1, -0.05) is 36.5 Å². The Bertz CT molecular complexity index is 801. The molecule has 30 heavy (non-hydrogen) atoms. The molecule has 0 radical (unpaired) electrons. The summed E-state index contributed by atoms with van der Waals surface area (Å²) in [6, 6.07) is 8.19. The fourth-order valence-corrected chi connectivity index (χ4v) is 4.15. The molecular weight excluding hydrogens is 398 g/mol. The molecule has 1 atom stereocenters. The monoisotopic (exact) mass is 429 g/mol. The zero-order chi connectivity index (χ0) is 21.3. The summed E-state index contributed by atoms with van der Waals surface area (Å²) in [4.78, 5) is 17.8. The van der Waals surface area contributed by atoms with Crippen LogP contribution >= 0.6 is 12.2 Å². The summed E-state index contributed by atoms with van der Waals surface area (Å²) in [5.41, 5.74) is 1.70. The second-order valence-corrected chi connectivity index (χ2v) is 7.89. The first-order valence-corrected chi connectivity index (χ1v) is 10.9. The number of benzene rings is 1. The topological polar surface area (TPSA) is 54.0 Å².